The van der Waals surface area contributed by atoms with Gasteiger partial charge in [0.25, 0.3) is 11.5 Å². The maximum atomic E-state index is 12.4. The number of benzene rings is 1. The molecule has 0 atom stereocenters. The predicted octanol–water partition coefficient (Wildman–Crippen LogP) is 2.09. The molecule has 1 fully saturated rings. The molecule has 1 aliphatic heterocycles. The molecule has 0 radical (unpaired) electrons. The van der Waals surface area contributed by atoms with Crippen molar-refractivity contribution in [2.45, 2.75) is 25.8 Å². The van der Waals surface area contributed by atoms with Crippen LogP contribution in [0.2, 0.25) is 0 Å². The zero-order valence-electron chi connectivity index (χ0n) is 17.8. The Hall–Kier alpha value is -3.19. The number of hydrogen-bond acceptors (Lipinski definition) is 5. The second-order valence-electron chi connectivity index (χ2n) is 8.39. The molecule has 160 valence electrons. The summed E-state index contributed by atoms with van der Waals surface area (Å²) >= 11 is 0. The summed E-state index contributed by atoms with van der Waals surface area (Å²) in [6.07, 6.45) is 4.76. The molecule has 3 heterocycles. The smallest absolute Gasteiger partial charge is 0.269 e. The number of rotatable bonds is 4. The fraction of sp³-hybridized carbons (Fsp3) is 0.375. The highest BCUT2D eigenvalue weighted by Crippen LogP contribution is 2.27. The van der Waals surface area contributed by atoms with Crippen LogP contribution in [0.5, 0.6) is 0 Å². The largest absolute Gasteiger partial charge is 0.368 e. The van der Waals surface area contributed by atoms with E-state index in [9.17, 15) is 9.59 Å². The Morgan fingerprint density at radius 1 is 1.10 bits per heavy atom. The second kappa shape index (κ2) is 8.15. The standard InChI is InChI=1S/C24H27N5O2/c1-25-24(31)21-8-6-17(14-26-21)29-11-9-28(10-12-29)15-16-5-7-19-18-3-2-4-20(18)23(30)27-22(19)13-16/h5-8,13-14H,2-4,9-12,15H2,1H3,(H,25,31)(H,27,30). The Morgan fingerprint density at radius 3 is 2.65 bits per heavy atom. The normalized spacial score (nSPS) is 16.5. The number of nitrogens with zero attached hydrogens (tertiary/aromatic N) is 3. The third-order valence-electron chi connectivity index (χ3n) is 6.50. The fourth-order valence-corrected chi connectivity index (χ4v) is 4.80. The molecule has 1 saturated heterocycles. The van der Waals surface area contributed by atoms with Gasteiger partial charge < -0.3 is 15.2 Å². The molecule has 1 amide bonds. The van der Waals surface area contributed by atoms with Crippen LogP contribution in [0.3, 0.4) is 0 Å². The zero-order valence-corrected chi connectivity index (χ0v) is 17.8. The van der Waals surface area contributed by atoms with Crippen LogP contribution < -0.4 is 15.8 Å². The number of aromatic amines is 1. The van der Waals surface area contributed by atoms with Gasteiger partial charge in [-0.25, -0.2) is 4.98 Å². The Kier molecular flexibility index (Phi) is 5.19. The predicted molar refractivity (Wildman–Crippen MR) is 122 cm³/mol. The fourth-order valence-electron chi connectivity index (χ4n) is 4.80. The molecule has 1 aromatic carbocycles. The van der Waals surface area contributed by atoms with Gasteiger partial charge >= 0.3 is 0 Å². The first-order valence-electron chi connectivity index (χ1n) is 10.9. The third-order valence-corrected chi connectivity index (χ3v) is 6.50. The number of amides is 1. The van der Waals surface area contributed by atoms with Gasteiger partial charge in [-0.1, -0.05) is 12.1 Å². The lowest BCUT2D eigenvalue weighted by molar-refractivity contribution is 0.0958. The minimum absolute atomic E-state index is 0.0850. The highest BCUT2D eigenvalue weighted by atomic mass is 16.1. The number of hydrogen-bond donors (Lipinski definition) is 2. The van der Waals surface area contributed by atoms with Crippen molar-refractivity contribution in [3.63, 3.8) is 0 Å². The van der Waals surface area contributed by atoms with Gasteiger partial charge in [-0.15, -0.1) is 0 Å². The van der Waals surface area contributed by atoms with Crippen molar-refractivity contribution >= 4 is 22.5 Å². The summed E-state index contributed by atoms with van der Waals surface area (Å²) in [6, 6.07) is 10.3. The number of carbonyl (C=O) groups excluding carboxylic acids is 1. The van der Waals surface area contributed by atoms with Crippen LogP contribution in [-0.2, 0) is 19.4 Å². The molecule has 2 N–H and O–H groups in total. The summed E-state index contributed by atoms with van der Waals surface area (Å²) < 4.78 is 0. The van der Waals surface area contributed by atoms with E-state index in [0.29, 0.717) is 5.69 Å². The van der Waals surface area contributed by atoms with Crippen molar-refractivity contribution in [3.8, 4) is 0 Å². The number of H-pyrrole nitrogens is 1. The second-order valence-corrected chi connectivity index (χ2v) is 8.39. The van der Waals surface area contributed by atoms with Crippen LogP contribution in [0, 0.1) is 0 Å². The first-order chi connectivity index (χ1) is 15.1. The zero-order chi connectivity index (χ0) is 21.4. The van der Waals surface area contributed by atoms with E-state index in [1.165, 1.54) is 16.5 Å². The van der Waals surface area contributed by atoms with Gasteiger partial charge in [0, 0.05) is 56.2 Å². The Bertz CT molecular complexity index is 1180. The number of anilines is 1. The lowest BCUT2D eigenvalue weighted by Gasteiger charge is -2.36. The van der Waals surface area contributed by atoms with Gasteiger partial charge in [-0.2, -0.15) is 0 Å². The molecule has 5 rings (SSSR count). The first-order valence-corrected chi connectivity index (χ1v) is 10.9. The summed E-state index contributed by atoms with van der Waals surface area (Å²) in [4.78, 5) is 36.1. The van der Waals surface area contributed by atoms with Gasteiger partial charge in [-0.3, -0.25) is 14.5 Å². The van der Waals surface area contributed by atoms with E-state index in [-0.39, 0.29) is 11.5 Å². The Labute approximate surface area is 181 Å². The van der Waals surface area contributed by atoms with E-state index in [1.54, 1.807) is 19.3 Å². The minimum atomic E-state index is -0.168. The van der Waals surface area contributed by atoms with E-state index in [0.717, 1.165) is 68.8 Å². The summed E-state index contributed by atoms with van der Waals surface area (Å²) in [5.41, 5.74) is 5.98. The molecule has 3 aromatic rings. The number of carbonyl (C=O) groups is 1. The van der Waals surface area contributed by atoms with Gasteiger partial charge in [0.2, 0.25) is 0 Å². The molecule has 7 heteroatoms. The SMILES string of the molecule is CNC(=O)c1ccc(N2CCN(Cc3ccc4c5c(c(=O)[nH]c4c3)CCC5)CC2)cn1. The number of aryl methyl sites for hydroxylation is 1. The van der Waals surface area contributed by atoms with Gasteiger partial charge in [0.15, 0.2) is 0 Å². The lowest BCUT2D eigenvalue weighted by Crippen LogP contribution is -2.46. The number of pyridine rings is 2. The maximum Gasteiger partial charge on any atom is 0.269 e. The number of fused-ring (bicyclic) bond motifs is 3. The van der Waals surface area contributed by atoms with E-state index in [1.807, 2.05) is 6.07 Å². The molecule has 0 saturated carbocycles. The molecule has 0 unspecified atom stereocenters. The molecule has 1 aliphatic carbocycles. The average molecular weight is 418 g/mol. The van der Waals surface area contributed by atoms with Crippen LogP contribution in [0.25, 0.3) is 10.9 Å². The van der Waals surface area contributed by atoms with Crippen molar-refractivity contribution in [2.75, 3.05) is 38.1 Å². The molecule has 2 aromatic heterocycles. The summed E-state index contributed by atoms with van der Waals surface area (Å²) in [5.74, 6) is -0.168. The quantitative estimate of drug-likeness (QED) is 0.680. The van der Waals surface area contributed by atoms with E-state index >= 15 is 0 Å². The highest BCUT2D eigenvalue weighted by Gasteiger charge is 2.20. The molecule has 0 bridgehead atoms. The van der Waals surface area contributed by atoms with Crippen LogP contribution in [-0.4, -0.2) is 54.0 Å². The van der Waals surface area contributed by atoms with Gasteiger partial charge in [-0.05, 0) is 48.6 Å². The van der Waals surface area contributed by atoms with Crippen LogP contribution >= 0.6 is 0 Å². The molecule has 31 heavy (non-hydrogen) atoms. The minimum Gasteiger partial charge on any atom is -0.368 e. The molecule has 7 nitrogen and oxygen atoms in total. The third kappa shape index (κ3) is 3.81. The van der Waals surface area contributed by atoms with Crippen LogP contribution in [0.1, 0.15) is 33.6 Å². The summed E-state index contributed by atoms with van der Waals surface area (Å²) in [5, 5.41) is 3.80. The van der Waals surface area contributed by atoms with Crippen molar-refractivity contribution in [1.82, 2.24) is 20.2 Å². The topological polar surface area (TPSA) is 81.3 Å². The molecular weight excluding hydrogens is 390 g/mol. The Balaban J connectivity index is 1.24. The first kappa shape index (κ1) is 19.8. The number of nitrogens with one attached hydrogen (secondary N) is 2. The molecule has 0 spiro atoms. The van der Waals surface area contributed by atoms with E-state index < -0.39 is 0 Å². The van der Waals surface area contributed by atoms with E-state index in [4.69, 9.17) is 0 Å². The lowest BCUT2D eigenvalue weighted by atomic mass is 10.0. The average Bonchev–Trinajstić information content (AvgIpc) is 3.30. The maximum absolute atomic E-state index is 12.4. The molecule has 2 aliphatic rings. The van der Waals surface area contributed by atoms with E-state index in [2.05, 4.69) is 43.3 Å². The Morgan fingerprint density at radius 2 is 1.90 bits per heavy atom. The number of aromatic nitrogens is 2. The van der Waals surface area contributed by atoms with Crippen LogP contribution in [0.15, 0.2) is 41.3 Å². The summed E-state index contributed by atoms with van der Waals surface area (Å²) in [7, 11) is 1.61. The van der Waals surface area contributed by atoms with Crippen molar-refractivity contribution in [2.24, 2.45) is 0 Å². The van der Waals surface area contributed by atoms with Crippen molar-refractivity contribution < 1.29 is 4.79 Å². The molecular formula is C24H27N5O2. The summed E-state index contributed by atoms with van der Waals surface area (Å²) in [6.45, 7) is 4.61. The van der Waals surface area contributed by atoms with Gasteiger partial charge in [0.1, 0.15) is 5.69 Å². The van der Waals surface area contributed by atoms with Crippen LogP contribution in [0.4, 0.5) is 5.69 Å². The monoisotopic (exact) mass is 417 g/mol. The van der Waals surface area contributed by atoms with Crippen molar-refractivity contribution in [1.29, 1.82) is 0 Å². The number of piperazine rings is 1. The van der Waals surface area contributed by atoms with Gasteiger partial charge in [0.05, 0.1) is 11.9 Å². The van der Waals surface area contributed by atoms with Crippen molar-refractivity contribution in [3.05, 3.63) is 69.3 Å². The highest BCUT2D eigenvalue weighted by molar-refractivity contribution is 5.92.